The molecule has 0 radical (unpaired) electrons. The van der Waals surface area contributed by atoms with Gasteiger partial charge in [0.25, 0.3) is 0 Å². The number of aromatic nitrogens is 2. The standard InChI is InChI=1S/C26H22N2O4/c1-32-26(31)20-14-19-17-10-5-6-12-21(17)28(15-16-8-3-2-4-9-16)24(19)23(27-20)25(30)18-11-7-13-22(18)29/h2-6,8-12,14,25,30H,7,13,15H2,1H3. The van der Waals surface area contributed by atoms with E-state index in [1.165, 1.54) is 7.11 Å². The van der Waals surface area contributed by atoms with E-state index in [-0.39, 0.29) is 17.2 Å². The zero-order chi connectivity index (χ0) is 22.2. The van der Waals surface area contributed by atoms with Crippen LogP contribution < -0.4 is 0 Å². The highest BCUT2D eigenvalue weighted by atomic mass is 16.5. The molecule has 160 valence electrons. The lowest BCUT2D eigenvalue weighted by Gasteiger charge is -2.16. The number of fused-ring (bicyclic) bond motifs is 3. The first-order valence-corrected chi connectivity index (χ1v) is 10.5. The van der Waals surface area contributed by atoms with Gasteiger partial charge in [0, 0.05) is 34.8 Å². The fourth-order valence-electron chi connectivity index (χ4n) is 4.46. The number of hydrogen-bond donors (Lipinski definition) is 1. The molecule has 0 amide bonds. The van der Waals surface area contributed by atoms with Crippen molar-refractivity contribution in [3.05, 3.63) is 89.3 Å². The van der Waals surface area contributed by atoms with Crippen LogP contribution in [0.3, 0.4) is 0 Å². The number of carbonyl (C=O) groups is 2. The molecule has 5 rings (SSSR count). The molecular formula is C26H22N2O4. The van der Waals surface area contributed by atoms with Gasteiger partial charge in [-0.15, -0.1) is 0 Å². The summed E-state index contributed by atoms with van der Waals surface area (Å²) in [6, 6.07) is 19.6. The molecule has 6 nitrogen and oxygen atoms in total. The van der Waals surface area contributed by atoms with Crippen molar-refractivity contribution in [2.45, 2.75) is 25.5 Å². The summed E-state index contributed by atoms with van der Waals surface area (Å²) in [6.07, 6.45) is 1.50. The summed E-state index contributed by atoms with van der Waals surface area (Å²) in [5.41, 5.74) is 3.46. The fourth-order valence-corrected chi connectivity index (χ4v) is 4.46. The van der Waals surface area contributed by atoms with Gasteiger partial charge in [0.2, 0.25) is 0 Å². The summed E-state index contributed by atoms with van der Waals surface area (Å²) in [4.78, 5) is 29.3. The van der Waals surface area contributed by atoms with Gasteiger partial charge in [0.05, 0.1) is 18.3 Å². The van der Waals surface area contributed by atoms with Crippen molar-refractivity contribution in [2.75, 3.05) is 7.11 Å². The average molecular weight is 426 g/mol. The molecule has 2 aromatic carbocycles. The Hall–Kier alpha value is -3.77. The van der Waals surface area contributed by atoms with Crippen LogP contribution in [-0.2, 0) is 16.1 Å². The van der Waals surface area contributed by atoms with Crippen LogP contribution in [0.5, 0.6) is 0 Å². The van der Waals surface area contributed by atoms with E-state index < -0.39 is 12.1 Å². The van der Waals surface area contributed by atoms with Crippen LogP contribution in [0.4, 0.5) is 0 Å². The maximum Gasteiger partial charge on any atom is 0.356 e. The van der Waals surface area contributed by atoms with E-state index in [9.17, 15) is 14.7 Å². The zero-order valence-electron chi connectivity index (χ0n) is 17.6. The molecule has 1 N–H and O–H groups in total. The number of hydrogen-bond acceptors (Lipinski definition) is 5. The van der Waals surface area contributed by atoms with Gasteiger partial charge in [-0.25, -0.2) is 9.78 Å². The molecule has 0 saturated heterocycles. The van der Waals surface area contributed by atoms with E-state index in [0.29, 0.717) is 30.5 Å². The predicted molar refractivity (Wildman–Crippen MR) is 121 cm³/mol. The number of ketones is 1. The van der Waals surface area contributed by atoms with Gasteiger partial charge in [-0.05, 0) is 24.1 Å². The number of rotatable bonds is 5. The maximum atomic E-state index is 12.4. The van der Waals surface area contributed by atoms with E-state index >= 15 is 0 Å². The second-order valence-corrected chi connectivity index (χ2v) is 7.89. The third-order valence-electron chi connectivity index (χ3n) is 5.96. The number of nitrogens with zero attached hydrogens (tertiary/aromatic N) is 2. The van der Waals surface area contributed by atoms with Gasteiger partial charge in [0.15, 0.2) is 5.78 Å². The number of aliphatic hydroxyl groups excluding tert-OH is 1. The van der Waals surface area contributed by atoms with E-state index in [0.717, 1.165) is 21.9 Å². The Morgan fingerprint density at radius 2 is 1.88 bits per heavy atom. The number of carbonyl (C=O) groups excluding carboxylic acids is 2. The molecule has 6 heteroatoms. The van der Waals surface area contributed by atoms with Crippen LogP contribution in [0, 0.1) is 0 Å². The molecule has 1 atom stereocenters. The Labute approximate surface area is 184 Å². The monoisotopic (exact) mass is 426 g/mol. The number of allylic oxidation sites excluding steroid dienone is 1. The van der Waals surface area contributed by atoms with Crippen molar-refractivity contribution >= 4 is 33.6 Å². The maximum absolute atomic E-state index is 12.4. The molecule has 1 unspecified atom stereocenters. The van der Waals surface area contributed by atoms with Crippen LogP contribution in [0.15, 0.2) is 72.3 Å². The van der Waals surface area contributed by atoms with E-state index in [1.807, 2.05) is 54.6 Å². The summed E-state index contributed by atoms with van der Waals surface area (Å²) >= 11 is 0. The second kappa shape index (κ2) is 8.05. The van der Waals surface area contributed by atoms with Gasteiger partial charge in [0.1, 0.15) is 11.8 Å². The Morgan fingerprint density at radius 1 is 1.12 bits per heavy atom. The molecule has 32 heavy (non-hydrogen) atoms. The number of para-hydroxylation sites is 1. The first-order valence-electron chi connectivity index (χ1n) is 10.5. The fraction of sp³-hybridized carbons (Fsp3) is 0.192. The van der Waals surface area contributed by atoms with Crippen molar-refractivity contribution in [3.63, 3.8) is 0 Å². The van der Waals surface area contributed by atoms with E-state index in [1.54, 1.807) is 12.1 Å². The number of Topliss-reactive ketones (excluding diaryl/α,β-unsaturated/α-hetero) is 1. The minimum absolute atomic E-state index is 0.0957. The lowest BCUT2D eigenvalue weighted by Crippen LogP contribution is -2.15. The number of aliphatic hydroxyl groups is 1. The van der Waals surface area contributed by atoms with Crippen LogP contribution in [0.1, 0.15) is 40.7 Å². The molecule has 2 heterocycles. The molecule has 4 aromatic rings. The van der Waals surface area contributed by atoms with Crippen molar-refractivity contribution < 1.29 is 19.4 Å². The molecule has 2 aromatic heterocycles. The Morgan fingerprint density at radius 3 is 2.59 bits per heavy atom. The minimum Gasteiger partial charge on any atom is -0.464 e. The quantitative estimate of drug-likeness (QED) is 0.480. The number of benzene rings is 2. The first-order chi connectivity index (χ1) is 15.6. The SMILES string of the molecule is COC(=O)c1cc2c3ccccc3n(Cc3ccccc3)c2c(C(O)C2=CCCC2=O)n1. The number of esters is 1. The van der Waals surface area contributed by atoms with Crippen LogP contribution in [-0.4, -0.2) is 33.5 Å². The Bertz CT molecular complexity index is 1390. The van der Waals surface area contributed by atoms with Crippen LogP contribution in [0.2, 0.25) is 0 Å². The molecule has 0 fully saturated rings. The molecule has 0 aliphatic heterocycles. The van der Waals surface area contributed by atoms with Crippen LogP contribution >= 0.6 is 0 Å². The lowest BCUT2D eigenvalue weighted by molar-refractivity contribution is -0.115. The van der Waals surface area contributed by atoms with Crippen molar-refractivity contribution in [3.8, 4) is 0 Å². The van der Waals surface area contributed by atoms with Gasteiger partial charge in [-0.1, -0.05) is 54.6 Å². The number of pyridine rings is 1. The van der Waals surface area contributed by atoms with Crippen molar-refractivity contribution in [2.24, 2.45) is 0 Å². The summed E-state index contributed by atoms with van der Waals surface area (Å²) in [5.74, 6) is -0.686. The van der Waals surface area contributed by atoms with Crippen LogP contribution in [0.25, 0.3) is 21.8 Å². The predicted octanol–water partition coefficient (Wildman–Crippen LogP) is 4.35. The highest BCUT2D eigenvalue weighted by Crippen LogP contribution is 2.37. The highest BCUT2D eigenvalue weighted by Gasteiger charge is 2.29. The van der Waals surface area contributed by atoms with Gasteiger partial charge in [-0.3, -0.25) is 4.79 Å². The van der Waals surface area contributed by atoms with Gasteiger partial charge >= 0.3 is 5.97 Å². The Balaban J connectivity index is 1.83. The number of ether oxygens (including phenoxy) is 1. The first kappa shape index (κ1) is 20.2. The molecule has 0 bridgehead atoms. The molecule has 0 saturated carbocycles. The lowest BCUT2D eigenvalue weighted by atomic mass is 10.0. The third-order valence-corrected chi connectivity index (χ3v) is 5.96. The summed E-state index contributed by atoms with van der Waals surface area (Å²) in [5, 5.41) is 13.0. The largest absolute Gasteiger partial charge is 0.464 e. The molecule has 1 aliphatic rings. The second-order valence-electron chi connectivity index (χ2n) is 7.89. The third kappa shape index (κ3) is 3.29. The Kier molecular flexibility index (Phi) is 5.07. The average Bonchev–Trinajstić information content (AvgIpc) is 3.40. The highest BCUT2D eigenvalue weighted by molar-refractivity contribution is 6.11. The smallest absolute Gasteiger partial charge is 0.356 e. The van der Waals surface area contributed by atoms with Gasteiger partial charge in [-0.2, -0.15) is 0 Å². The van der Waals surface area contributed by atoms with E-state index in [4.69, 9.17) is 4.74 Å². The molecule has 0 spiro atoms. The number of methoxy groups -OCH3 is 1. The molecular weight excluding hydrogens is 404 g/mol. The van der Waals surface area contributed by atoms with Gasteiger partial charge < -0.3 is 14.4 Å². The van der Waals surface area contributed by atoms with Crippen molar-refractivity contribution in [1.29, 1.82) is 0 Å². The topological polar surface area (TPSA) is 81.4 Å². The summed E-state index contributed by atoms with van der Waals surface area (Å²) in [7, 11) is 1.30. The molecule has 1 aliphatic carbocycles. The van der Waals surface area contributed by atoms with E-state index in [2.05, 4.69) is 9.55 Å². The van der Waals surface area contributed by atoms with Crippen molar-refractivity contribution in [1.82, 2.24) is 9.55 Å². The zero-order valence-corrected chi connectivity index (χ0v) is 17.6. The minimum atomic E-state index is -1.23. The normalized spacial score (nSPS) is 14.7. The summed E-state index contributed by atoms with van der Waals surface area (Å²) < 4.78 is 7.00. The summed E-state index contributed by atoms with van der Waals surface area (Å²) in [6.45, 7) is 0.552.